The van der Waals surface area contributed by atoms with Crippen molar-refractivity contribution in [2.45, 2.75) is 72.0 Å². The Bertz CT molecular complexity index is 856. The van der Waals surface area contributed by atoms with E-state index in [0.29, 0.717) is 19.4 Å². The number of carbonyl (C=O) groups excluding carboxylic acids is 2. The van der Waals surface area contributed by atoms with Crippen LogP contribution in [0.25, 0.3) is 0 Å². The molecular formula is C25H33BrN2O2. The van der Waals surface area contributed by atoms with Gasteiger partial charge in [-0.15, -0.1) is 0 Å². The first-order valence-electron chi connectivity index (χ1n) is 10.5. The second kappa shape index (κ2) is 10.8. The van der Waals surface area contributed by atoms with E-state index in [1.54, 1.807) is 11.8 Å². The molecule has 2 aromatic carbocycles. The number of hydrogen-bond donors (Lipinski definition) is 1. The Balaban J connectivity index is 2.15. The van der Waals surface area contributed by atoms with Gasteiger partial charge < -0.3 is 10.2 Å². The van der Waals surface area contributed by atoms with Crippen molar-refractivity contribution in [3.63, 3.8) is 0 Å². The summed E-state index contributed by atoms with van der Waals surface area (Å²) in [6, 6.07) is 15.7. The van der Waals surface area contributed by atoms with Crippen molar-refractivity contribution in [3.05, 3.63) is 69.7 Å². The number of benzene rings is 2. The van der Waals surface area contributed by atoms with Crippen molar-refractivity contribution in [3.8, 4) is 0 Å². The molecule has 2 rings (SSSR count). The van der Waals surface area contributed by atoms with Crippen molar-refractivity contribution < 1.29 is 9.59 Å². The van der Waals surface area contributed by atoms with Gasteiger partial charge in [0.15, 0.2) is 0 Å². The molecule has 2 amide bonds. The second-order valence-electron chi connectivity index (χ2n) is 8.74. The minimum absolute atomic E-state index is 0.0221. The van der Waals surface area contributed by atoms with Crippen LogP contribution in [-0.4, -0.2) is 28.3 Å². The van der Waals surface area contributed by atoms with Crippen LogP contribution in [-0.2, 0) is 29.0 Å². The van der Waals surface area contributed by atoms with E-state index in [1.807, 2.05) is 45.0 Å². The second-order valence-corrected chi connectivity index (χ2v) is 9.65. The predicted molar refractivity (Wildman–Crippen MR) is 126 cm³/mol. The lowest BCUT2D eigenvalue weighted by atomic mass is 10.0. The van der Waals surface area contributed by atoms with Crippen LogP contribution < -0.4 is 5.32 Å². The van der Waals surface area contributed by atoms with Crippen LogP contribution in [0.4, 0.5) is 0 Å². The highest BCUT2D eigenvalue weighted by molar-refractivity contribution is 9.10. The molecule has 0 unspecified atom stereocenters. The first kappa shape index (κ1) is 24.1. The van der Waals surface area contributed by atoms with Crippen LogP contribution >= 0.6 is 15.9 Å². The highest BCUT2D eigenvalue weighted by Gasteiger charge is 2.28. The quantitative estimate of drug-likeness (QED) is 0.568. The van der Waals surface area contributed by atoms with Crippen molar-refractivity contribution in [1.29, 1.82) is 0 Å². The molecule has 0 aromatic heterocycles. The predicted octanol–water partition coefficient (Wildman–Crippen LogP) is 5.28. The maximum atomic E-state index is 13.2. The largest absolute Gasteiger partial charge is 0.350 e. The van der Waals surface area contributed by atoms with Gasteiger partial charge in [-0.25, -0.2) is 0 Å². The van der Waals surface area contributed by atoms with E-state index >= 15 is 0 Å². The van der Waals surface area contributed by atoms with Gasteiger partial charge in [-0.2, -0.15) is 0 Å². The molecule has 0 aliphatic carbocycles. The molecule has 0 saturated carbocycles. The molecule has 0 radical (unpaired) electrons. The average molecular weight is 473 g/mol. The van der Waals surface area contributed by atoms with E-state index in [9.17, 15) is 9.59 Å². The summed E-state index contributed by atoms with van der Waals surface area (Å²) in [6.45, 7) is 10.1. The molecule has 0 bridgehead atoms. The van der Waals surface area contributed by atoms with E-state index in [2.05, 4.69) is 52.4 Å². The number of nitrogens with one attached hydrogen (secondary N) is 1. The van der Waals surface area contributed by atoms with Gasteiger partial charge in [0.25, 0.3) is 0 Å². The summed E-state index contributed by atoms with van der Waals surface area (Å²) in [5.41, 5.74) is 3.06. The molecule has 1 N–H and O–H groups in total. The molecule has 0 aliphatic rings. The van der Waals surface area contributed by atoms with Crippen molar-refractivity contribution in [2.75, 3.05) is 0 Å². The van der Waals surface area contributed by atoms with Gasteiger partial charge in [0.2, 0.25) is 11.8 Å². The lowest BCUT2D eigenvalue weighted by Crippen LogP contribution is -2.52. The van der Waals surface area contributed by atoms with Gasteiger partial charge in [-0.1, -0.05) is 59.3 Å². The van der Waals surface area contributed by atoms with Crippen LogP contribution in [0, 0.1) is 0 Å². The Hall–Kier alpha value is -2.14. The van der Waals surface area contributed by atoms with Crippen LogP contribution in [0.2, 0.25) is 0 Å². The van der Waals surface area contributed by atoms with Crippen molar-refractivity contribution in [1.82, 2.24) is 10.2 Å². The number of hydrogen-bond acceptors (Lipinski definition) is 2. The highest BCUT2D eigenvalue weighted by Crippen LogP contribution is 2.17. The molecule has 0 fully saturated rings. The van der Waals surface area contributed by atoms with Crippen LogP contribution in [0.3, 0.4) is 0 Å². The van der Waals surface area contributed by atoms with E-state index in [1.165, 1.54) is 5.56 Å². The molecule has 30 heavy (non-hydrogen) atoms. The molecule has 0 spiro atoms. The van der Waals surface area contributed by atoms with Crippen LogP contribution in [0.1, 0.15) is 57.7 Å². The maximum absolute atomic E-state index is 13.2. The van der Waals surface area contributed by atoms with Gasteiger partial charge in [0.05, 0.1) is 0 Å². The van der Waals surface area contributed by atoms with Crippen molar-refractivity contribution in [2.24, 2.45) is 0 Å². The van der Waals surface area contributed by atoms with E-state index in [-0.39, 0.29) is 17.4 Å². The van der Waals surface area contributed by atoms with Gasteiger partial charge in [0.1, 0.15) is 6.04 Å². The zero-order valence-electron chi connectivity index (χ0n) is 18.7. The summed E-state index contributed by atoms with van der Waals surface area (Å²) in [4.78, 5) is 27.7. The summed E-state index contributed by atoms with van der Waals surface area (Å²) in [5, 5.41) is 3.00. The van der Waals surface area contributed by atoms with Crippen LogP contribution in [0.5, 0.6) is 0 Å². The standard InChI is InChI=1S/C25H33BrN2O2/c1-6-19-10-12-20(13-11-19)14-15-23(29)28(17-21-8-7-9-22(26)16-21)18(2)24(30)27-25(3,4)5/h7-13,16,18H,6,14-15,17H2,1-5H3,(H,27,30)/t18-/m0/s1. The Morgan fingerprint density at radius 3 is 2.23 bits per heavy atom. The van der Waals surface area contributed by atoms with E-state index < -0.39 is 6.04 Å². The van der Waals surface area contributed by atoms with Gasteiger partial charge in [-0.3, -0.25) is 9.59 Å². The SMILES string of the molecule is CCc1ccc(CCC(=O)N(Cc2cccc(Br)c2)[C@@H](C)C(=O)NC(C)(C)C)cc1. The smallest absolute Gasteiger partial charge is 0.242 e. The lowest BCUT2D eigenvalue weighted by molar-refractivity contribution is -0.141. The van der Waals surface area contributed by atoms with Gasteiger partial charge >= 0.3 is 0 Å². The molecule has 1 atom stereocenters. The van der Waals surface area contributed by atoms with Gasteiger partial charge in [-0.05, 0) is 69.4 Å². The van der Waals surface area contributed by atoms with Crippen LogP contribution in [0.15, 0.2) is 53.0 Å². The Kier molecular flexibility index (Phi) is 8.65. The molecule has 4 nitrogen and oxygen atoms in total. The summed E-state index contributed by atoms with van der Waals surface area (Å²) >= 11 is 3.49. The Morgan fingerprint density at radius 2 is 1.67 bits per heavy atom. The number of carbonyl (C=O) groups is 2. The number of aryl methyl sites for hydroxylation is 2. The summed E-state index contributed by atoms with van der Waals surface area (Å²) in [7, 11) is 0. The Morgan fingerprint density at radius 1 is 1.03 bits per heavy atom. The number of nitrogens with zero attached hydrogens (tertiary/aromatic N) is 1. The molecule has 162 valence electrons. The average Bonchev–Trinajstić information content (AvgIpc) is 2.69. The van der Waals surface area contributed by atoms with E-state index in [4.69, 9.17) is 0 Å². The third-order valence-corrected chi connectivity index (χ3v) is 5.46. The minimum Gasteiger partial charge on any atom is -0.350 e. The molecule has 5 heteroatoms. The number of amides is 2. The third kappa shape index (κ3) is 7.60. The fourth-order valence-corrected chi connectivity index (χ4v) is 3.67. The van der Waals surface area contributed by atoms with Crippen molar-refractivity contribution >= 4 is 27.7 Å². The zero-order valence-corrected chi connectivity index (χ0v) is 20.3. The zero-order chi connectivity index (χ0) is 22.3. The third-order valence-electron chi connectivity index (χ3n) is 4.97. The number of rotatable bonds is 8. The monoisotopic (exact) mass is 472 g/mol. The summed E-state index contributed by atoms with van der Waals surface area (Å²) in [5.74, 6) is -0.163. The fourth-order valence-electron chi connectivity index (χ4n) is 3.23. The highest BCUT2D eigenvalue weighted by atomic mass is 79.9. The first-order valence-corrected chi connectivity index (χ1v) is 11.3. The topological polar surface area (TPSA) is 49.4 Å². The fraction of sp³-hybridized carbons (Fsp3) is 0.440. The molecular weight excluding hydrogens is 440 g/mol. The maximum Gasteiger partial charge on any atom is 0.242 e. The molecule has 2 aromatic rings. The molecule has 0 saturated heterocycles. The molecule has 0 heterocycles. The first-order chi connectivity index (χ1) is 14.1. The normalized spacial score (nSPS) is 12.3. The summed E-state index contributed by atoms with van der Waals surface area (Å²) in [6.07, 6.45) is 2.03. The molecule has 0 aliphatic heterocycles. The van der Waals surface area contributed by atoms with E-state index in [0.717, 1.165) is 22.0 Å². The number of halogens is 1. The van der Waals surface area contributed by atoms with Gasteiger partial charge in [0, 0.05) is 23.0 Å². The minimum atomic E-state index is -0.557. The summed E-state index contributed by atoms with van der Waals surface area (Å²) < 4.78 is 0.954. The Labute approximate surface area is 189 Å². The lowest BCUT2D eigenvalue weighted by Gasteiger charge is -2.31.